The van der Waals surface area contributed by atoms with Crippen molar-refractivity contribution in [1.29, 1.82) is 0 Å². The largest absolute Gasteiger partial charge is 0.398 e. The monoisotopic (exact) mass is 489 g/mol. The third-order valence-corrected chi connectivity index (χ3v) is 9.44. The molecule has 6 nitrogen and oxygen atoms in total. The number of nitrogens with zero attached hydrogens (tertiary/aromatic N) is 2. The quantitative estimate of drug-likeness (QED) is 0.454. The number of hydrogen-bond acceptors (Lipinski definition) is 5. The normalized spacial score (nSPS) is 19.9. The summed E-state index contributed by atoms with van der Waals surface area (Å²) in [5.74, 6) is -0.0201. The van der Waals surface area contributed by atoms with Crippen LogP contribution in [0.5, 0.6) is 0 Å². The van der Waals surface area contributed by atoms with Gasteiger partial charge in [0.05, 0.1) is 15.5 Å². The zero-order valence-corrected chi connectivity index (χ0v) is 20.5. The van der Waals surface area contributed by atoms with Gasteiger partial charge in [0.15, 0.2) is 5.78 Å². The first kappa shape index (κ1) is 24.2. The van der Waals surface area contributed by atoms with Crippen LogP contribution in [-0.4, -0.2) is 55.1 Å². The summed E-state index contributed by atoms with van der Waals surface area (Å²) in [4.78, 5) is 15.8. The van der Waals surface area contributed by atoms with Gasteiger partial charge in [-0.25, -0.2) is 8.42 Å². The molecule has 4 rings (SSSR count). The van der Waals surface area contributed by atoms with Crippen molar-refractivity contribution < 1.29 is 13.2 Å². The molecule has 2 aliphatic rings. The molecule has 2 N–H and O–H groups in total. The Morgan fingerprint density at radius 1 is 0.939 bits per heavy atom. The van der Waals surface area contributed by atoms with Crippen molar-refractivity contribution >= 4 is 33.1 Å². The smallest absolute Gasteiger partial charge is 0.243 e. The number of carbonyl (C=O) groups excluding carboxylic acids is 1. The van der Waals surface area contributed by atoms with Crippen molar-refractivity contribution in [3.63, 3.8) is 0 Å². The maximum atomic E-state index is 13.0. The summed E-state index contributed by atoms with van der Waals surface area (Å²) in [6, 6.07) is 13.8. The zero-order valence-electron chi connectivity index (χ0n) is 18.9. The summed E-state index contributed by atoms with van der Waals surface area (Å²) >= 11 is 6.26. The highest BCUT2D eigenvalue weighted by molar-refractivity contribution is 7.89. The van der Waals surface area contributed by atoms with Gasteiger partial charge in [-0.15, -0.1) is 0 Å². The minimum Gasteiger partial charge on any atom is -0.398 e. The van der Waals surface area contributed by atoms with E-state index in [9.17, 15) is 13.2 Å². The van der Waals surface area contributed by atoms with Crippen LogP contribution in [0, 0.1) is 0 Å². The molecule has 1 saturated carbocycles. The fourth-order valence-corrected chi connectivity index (χ4v) is 7.12. The summed E-state index contributed by atoms with van der Waals surface area (Å²) < 4.78 is 27.6. The first-order valence-electron chi connectivity index (χ1n) is 11.7. The molecule has 1 aliphatic heterocycles. The van der Waals surface area contributed by atoms with Crippen molar-refractivity contribution in [2.45, 2.75) is 55.4 Å². The number of sulfonamides is 1. The number of piperazine rings is 1. The van der Waals surface area contributed by atoms with Crippen molar-refractivity contribution in [3.05, 3.63) is 59.1 Å². The van der Waals surface area contributed by atoms with Crippen molar-refractivity contribution in [3.8, 4) is 0 Å². The molecule has 1 saturated heterocycles. The van der Waals surface area contributed by atoms with E-state index in [1.165, 1.54) is 6.42 Å². The highest BCUT2D eigenvalue weighted by Gasteiger charge is 2.41. The minimum absolute atomic E-state index is 0.0201. The molecule has 1 heterocycles. The van der Waals surface area contributed by atoms with Crippen LogP contribution in [0.15, 0.2) is 53.4 Å². The summed E-state index contributed by atoms with van der Waals surface area (Å²) in [5.41, 5.74) is 6.80. The fraction of sp³-hybridized carbons (Fsp3) is 0.480. The Kier molecular flexibility index (Phi) is 7.43. The number of hydrogen-bond donors (Lipinski definition) is 1. The van der Waals surface area contributed by atoms with E-state index >= 15 is 0 Å². The molecule has 0 amide bonds. The number of anilines is 1. The lowest BCUT2D eigenvalue weighted by molar-refractivity contribution is 0.0165. The van der Waals surface area contributed by atoms with Crippen molar-refractivity contribution in [2.75, 3.05) is 31.9 Å². The Bertz CT molecular complexity index is 1060. The Labute approximate surface area is 201 Å². The summed E-state index contributed by atoms with van der Waals surface area (Å²) in [5, 5.41) is 0.400. The molecular formula is C25H32ClN3O3S. The highest BCUT2D eigenvalue weighted by Crippen LogP contribution is 2.39. The van der Waals surface area contributed by atoms with Gasteiger partial charge in [-0.3, -0.25) is 9.69 Å². The minimum atomic E-state index is -3.48. The first-order valence-corrected chi connectivity index (χ1v) is 13.5. The second kappa shape index (κ2) is 10.1. The van der Waals surface area contributed by atoms with E-state index in [1.807, 2.05) is 6.07 Å². The number of nitrogens with two attached hydrogens (primary N) is 1. The van der Waals surface area contributed by atoms with Gasteiger partial charge in [0.1, 0.15) is 0 Å². The van der Waals surface area contributed by atoms with Crippen molar-refractivity contribution in [2.24, 2.45) is 0 Å². The van der Waals surface area contributed by atoms with Crippen LogP contribution in [0.25, 0.3) is 0 Å². The van der Waals surface area contributed by atoms with E-state index in [-0.39, 0.29) is 11.3 Å². The third-order valence-electron chi connectivity index (χ3n) is 7.22. The van der Waals surface area contributed by atoms with Gasteiger partial charge in [0, 0.05) is 43.8 Å². The summed E-state index contributed by atoms with van der Waals surface area (Å²) in [6.07, 6.45) is 6.65. The Morgan fingerprint density at radius 2 is 1.61 bits per heavy atom. The summed E-state index contributed by atoms with van der Waals surface area (Å²) in [7, 11) is -3.48. The molecule has 2 aromatic carbocycles. The molecular weight excluding hydrogens is 458 g/mol. The van der Waals surface area contributed by atoms with E-state index in [0.717, 1.165) is 32.1 Å². The number of Topliss-reactive ketones (excluding diaryl/α,β-unsaturated/α-hetero) is 1. The lowest BCUT2D eigenvalue weighted by Gasteiger charge is -2.50. The van der Waals surface area contributed by atoms with Gasteiger partial charge in [-0.05, 0) is 43.5 Å². The Morgan fingerprint density at radius 3 is 2.24 bits per heavy atom. The predicted molar refractivity (Wildman–Crippen MR) is 132 cm³/mol. The lowest BCUT2D eigenvalue weighted by Crippen LogP contribution is -2.58. The SMILES string of the molecule is Nc1cccc(Cl)c1C(=O)CCC1(N2CCN(S(=O)(=O)c3ccccc3)CC2)CCCCC1. The third kappa shape index (κ3) is 5.11. The first-order chi connectivity index (χ1) is 15.8. The summed E-state index contributed by atoms with van der Waals surface area (Å²) in [6.45, 7) is 2.28. The molecule has 1 aliphatic carbocycles. The van der Waals surface area contributed by atoms with Crippen LogP contribution in [0.4, 0.5) is 5.69 Å². The van der Waals surface area contributed by atoms with Gasteiger partial charge < -0.3 is 5.73 Å². The lowest BCUT2D eigenvalue weighted by atomic mass is 9.76. The average molecular weight is 490 g/mol. The molecule has 0 atom stereocenters. The molecule has 2 aromatic rings. The molecule has 2 fully saturated rings. The van der Waals surface area contributed by atoms with Crippen LogP contribution in [0.3, 0.4) is 0 Å². The Hall–Kier alpha value is -1.93. The van der Waals surface area contributed by atoms with E-state index in [4.69, 9.17) is 17.3 Å². The standard InChI is InChI=1S/C25H32ClN3O3S/c26-21-10-7-11-22(27)24(21)23(30)12-15-25(13-5-2-6-14-25)28-16-18-29(19-17-28)33(31,32)20-8-3-1-4-9-20/h1,3-4,7-11H,2,5-6,12-19,27H2. The predicted octanol–water partition coefficient (Wildman–Crippen LogP) is 4.59. The number of halogens is 1. The fourth-order valence-electron chi connectivity index (χ4n) is 5.38. The average Bonchev–Trinajstić information content (AvgIpc) is 2.84. The van der Waals surface area contributed by atoms with Crippen molar-refractivity contribution in [1.82, 2.24) is 9.21 Å². The van der Waals surface area contributed by atoms with Gasteiger partial charge in [0.2, 0.25) is 10.0 Å². The van der Waals surface area contributed by atoms with E-state index in [1.54, 1.807) is 46.8 Å². The maximum Gasteiger partial charge on any atom is 0.243 e. The molecule has 8 heteroatoms. The van der Waals surface area contributed by atoms with Crippen LogP contribution in [0.2, 0.25) is 5.02 Å². The van der Waals surface area contributed by atoms with E-state index < -0.39 is 10.0 Å². The van der Waals surface area contributed by atoms with Gasteiger partial charge >= 0.3 is 0 Å². The molecule has 0 aromatic heterocycles. The van der Waals surface area contributed by atoms with Crippen LogP contribution < -0.4 is 5.73 Å². The maximum absolute atomic E-state index is 13.0. The number of ketones is 1. The van der Waals surface area contributed by atoms with E-state index in [2.05, 4.69) is 4.90 Å². The molecule has 0 unspecified atom stereocenters. The van der Waals surface area contributed by atoms with E-state index in [0.29, 0.717) is 53.8 Å². The topological polar surface area (TPSA) is 83.7 Å². The molecule has 0 spiro atoms. The highest BCUT2D eigenvalue weighted by atomic mass is 35.5. The molecule has 33 heavy (non-hydrogen) atoms. The molecule has 178 valence electrons. The van der Waals surface area contributed by atoms with Gasteiger partial charge in [-0.2, -0.15) is 4.31 Å². The second-order valence-electron chi connectivity index (χ2n) is 9.12. The molecule has 0 bridgehead atoms. The number of benzene rings is 2. The van der Waals surface area contributed by atoms with Gasteiger partial charge in [-0.1, -0.05) is 55.1 Å². The second-order valence-corrected chi connectivity index (χ2v) is 11.5. The zero-order chi connectivity index (χ0) is 23.5. The number of carbonyl (C=O) groups is 1. The van der Waals surface area contributed by atoms with Crippen LogP contribution >= 0.6 is 11.6 Å². The van der Waals surface area contributed by atoms with Gasteiger partial charge in [0.25, 0.3) is 0 Å². The molecule has 0 radical (unpaired) electrons. The van der Waals surface area contributed by atoms with Crippen LogP contribution in [0.1, 0.15) is 55.3 Å². The number of nitrogen functional groups attached to an aromatic ring is 1. The Balaban J connectivity index is 1.45. The number of rotatable bonds is 7. The van der Waals surface area contributed by atoms with Crippen LogP contribution in [-0.2, 0) is 10.0 Å².